The summed E-state index contributed by atoms with van der Waals surface area (Å²) in [5.74, 6) is 1.42. The number of hydrogen-bond acceptors (Lipinski definition) is 3. The van der Waals surface area contributed by atoms with E-state index in [1.165, 1.54) is 0 Å². The quantitative estimate of drug-likeness (QED) is 0.687. The molecule has 1 N–H and O–H groups in total. The Balaban J connectivity index is 2.65. The molecule has 1 rings (SSSR count). The first kappa shape index (κ1) is 8.59. The summed E-state index contributed by atoms with van der Waals surface area (Å²) in [6.07, 6.45) is 1.69. The third-order valence-electron chi connectivity index (χ3n) is 1.33. The van der Waals surface area contributed by atoms with Gasteiger partial charge in [0.15, 0.2) is 0 Å². The highest BCUT2D eigenvalue weighted by Crippen LogP contribution is 2.10. The standard InChI is InChI=1S/C9H12N2O/c1-3-7-12-9-6-4-5-8(10-2)11-9/h3-6H,1,7H2,2H3,(H,10,11). The van der Waals surface area contributed by atoms with Crippen molar-refractivity contribution in [3.8, 4) is 5.88 Å². The van der Waals surface area contributed by atoms with E-state index in [0.29, 0.717) is 12.5 Å². The van der Waals surface area contributed by atoms with Crippen molar-refractivity contribution in [1.82, 2.24) is 4.98 Å². The van der Waals surface area contributed by atoms with Crippen molar-refractivity contribution in [1.29, 1.82) is 0 Å². The fourth-order valence-electron chi connectivity index (χ4n) is 0.779. The van der Waals surface area contributed by atoms with Crippen LogP contribution in [0.2, 0.25) is 0 Å². The van der Waals surface area contributed by atoms with E-state index in [0.717, 1.165) is 5.82 Å². The summed E-state index contributed by atoms with van der Waals surface area (Å²) in [7, 11) is 1.82. The van der Waals surface area contributed by atoms with Gasteiger partial charge in [-0.05, 0) is 6.07 Å². The minimum Gasteiger partial charge on any atom is -0.473 e. The number of hydrogen-bond donors (Lipinski definition) is 1. The van der Waals surface area contributed by atoms with Crippen LogP contribution in [0.4, 0.5) is 5.82 Å². The molecule has 0 bridgehead atoms. The van der Waals surface area contributed by atoms with E-state index in [1.807, 2.05) is 25.2 Å². The molecule has 1 heterocycles. The van der Waals surface area contributed by atoms with Crippen LogP contribution in [0.5, 0.6) is 5.88 Å². The third-order valence-corrected chi connectivity index (χ3v) is 1.33. The zero-order chi connectivity index (χ0) is 8.81. The minimum atomic E-state index is 0.486. The van der Waals surface area contributed by atoms with Crippen LogP contribution in [0.25, 0.3) is 0 Å². The first-order valence-corrected chi connectivity index (χ1v) is 3.75. The predicted octanol–water partition coefficient (Wildman–Crippen LogP) is 1.69. The maximum atomic E-state index is 5.23. The summed E-state index contributed by atoms with van der Waals surface area (Å²) < 4.78 is 5.23. The van der Waals surface area contributed by atoms with Gasteiger partial charge in [0.25, 0.3) is 0 Å². The molecule has 0 unspecified atom stereocenters. The molecular weight excluding hydrogens is 152 g/mol. The summed E-state index contributed by atoms with van der Waals surface area (Å²) in [6, 6.07) is 5.57. The van der Waals surface area contributed by atoms with E-state index in [-0.39, 0.29) is 0 Å². The lowest BCUT2D eigenvalue weighted by atomic mass is 10.4. The van der Waals surface area contributed by atoms with Gasteiger partial charge in [0, 0.05) is 13.1 Å². The van der Waals surface area contributed by atoms with Crippen molar-refractivity contribution in [2.75, 3.05) is 19.0 Å². The Morgan fingerprint density at radius 2 is 2.50 bits per heavy atom. The first-order valence-electron chi connectivity index (χ1n) is 3.75. The van der Waals surface area contributed by atoms with Gasteiger partial charge in [-0.15, -0.1) is 0 Å². The van der Waals surface area contributed by atoms with Crippen molar-refractivity contribution in [2.45, 2.75) is 0 Å². The summed E-state index contributed by atoms with van der Waals surface area (Å²) in [4.78, 5) is 4.15. The molecule has 1 aromatic rings. The van der Waals surface area contributed by atoms with Gasteiger partial charge in [-0.2, -0.15) is 4.98 Å². The lowest BCUT2D eigenvalue weighted by Crippen LogP contribution is -1.97. The second kappa shape index (κ2) is 4.38. The van der Waals surface area contributed by atoms with Gasteiger partial charge < -0.3 is 10.1 Å². The van der Waals surface area contributed by atoms with E-state index in [9.17, 15) is 0 Å². The Labute approximate surface area is 72.1 Å². The van der Waals surface area contributed by atoms with Crippen LogP contribution in [0.15, 0.2) is 30.9 Å². The van der Waals surface area contributed by atoms with Gasteiger partial charge in [-0.1, -0.05) is 18.7 Å². The monoisotopic (exact) mass is 164 g/mol. The van der Waals surface area contributed by atoms with Crippen LogP contribution in [0.1, 0.15) is 0 Å². The summed E-state index contributed by atoms with van der Waals surface area (Å²) in [5.41, 5.74) is 0. The predicted molar refractivity (Wildman–Crippen MR) is 49.5 cm³/mol. The number of nitrogens with one attached hydrogen (secondary N) is 1. The topological polar surface area (TPSA) is 34.1 Å². The van der Waals surface area contributed by atoms with Crippen molar-refractivity contribution < 1.29 is 4.74 Å². The van der Waals surface area contributed by atoms with E-state index >= 15 is 0 Å². The van der Waals surface area contributed by atoms with Crippen LogP contribution in [0, 0.1) is 0 Å². The van der Waals surface area contributed by atoms with Crippen LogP contribution in [-0.4, -0.2) is 18.6 Å². The van der Waals surface area contributed by atoms with Gasteiger partial charge >= 0.3 is 0 Å². The Morgan fingerprint density at radius 3 is 3.17 bits per heavy atom. The molecule has 0 atom stereocenters. The average molecular weight is 164 g/mol. The van der Waals surface area contributed by atoms with Crippen molar-refractivity contribution in [3.05, 3.63) is 30.9 Å². The molecule has 0 fully saturated rings. The maximum absolute atomic E-state index is 5.23. The van der Waals surface area contributed by atoms with E-state index < -0.39 is 0 Å². The highest BCUT2D eigenvalue weighted by molar-refractivity contribution is 5.35. The van der Waals surface area contributed by atoms with Gasteiger partial charge in [0.2, 0.25) is 5.88 Å². The third kappa shape index (κ3) is 2.27. The first-order chi connectivity index (χ1) is 5.86. The van der Waals surface area contributed by atoms with Gasteiger partial charge in [-0.3, -0.25) is 0 Å². The molecule has 12 heavy (non-hydrogen) atoms. The molecule has 0 saturated carbocycles. The Hall–Kier alpha value is -1.51. The van der Waals surface area contributed by atoms with Gasteiger partial charge in [-0.25, -0.2) is 0 Å². The average Bonchev–Trinajstić information content (AvgIpc) is 2.15. The van der Waals surface area contributed by atoms with Gasteiger partial charge in [0.1, 0.15) is 12.4 Å². The molecule has 0 aliphatic carbocycles. The molecule has 1 aromatic heterocycles. The number of anilines is 1. The summed E-state index contributed by atoms with van der Waals surface area (Å²) >= 11 is 0. The van der Waals surface area contributed by atoms with Crippen LogP contribution < -0.4 is 10.1 Å². The molecule has 3 heteroatoms. The maximum Gasteiger partial charge on any atom is 0.215 e. The molecule has 0 amide bonds. The zero-order valence-corrected chi connectivity index (χ0v) is 7.08. The van der Waals surface area contributed by atoms with E-state index in [1.54, 1.807) is 6.08 Å². The van der Waals surface area contributed by atoms with Crippen LogP contribution >= 0.6 is 0 Å². The number of ether oxygens (including phenoxy) is 1. The zero-order valence-electron chi connectivity index (χ0n) is 7.08. The largest absolute Gasteiger partial charge is 0.473 e. The lowest BCUT2D eigenvalue weighted by Gasteiger charge is -2.03. The van der Waals surface area contributed by atoms with Crippen molar-refractivity contribution in [2.24, 2.45) is 0 Å². The Kier molecular flexibility index (Phi) is 3.14. The van der Waals surface area contributed by atoms with Gasteiger partial charge in [0.05, 0.1) is 0 Å². The highest BCUT2D eigenvalue weighted by atomic mass is 16.5. The van der Waals surface area contributed by atoms with Crippen LogP contribution in [-0.2, 0) is 0 Å². The van der Waals surface area contributed by atoms with E-state index in [2.05, 4.69) is 16.9 Å². The number of rotatable bonds is 4. The minimum absolute atomic E-state index is 0.486. The number of aromatic nitrogens is 1. The molecule has 0 aliphatic rings. The summed E-state index contributed by atoms with van der Waals surface area (Å²) in [6.45, 7) is 4.04. The fraction of sp³-hybridized carbons (Fsp3) is 0.222. The summed E-state index contributed by atoms with van der Waals surface area (Å²) in [5, 5.41) is 2.93. The second-order valence-corrected chi connectivity index (χ2v) is 2.21. The molecule has 0 spiro atoms. The molecule has 0 aromatic carbocycles. The van der Waals surface area contributed by atoms with Crippen LogP contribution in [0.3, 0.4) is 0 Å². The molecule has 0 radical (unpaired) electrons. The van der Waals surface area contributed by atoms with Crippen molar-refractivity contribution >= 4 is 5.82 Å². The normalized spacial score (nSPS) is 9.08. The number of pyridine rings is 1. The molecule has 3 nitrogen and oxygen atoms in total. The molecule has 0 aliphatic heterocycles. The second-order valence-electron chi connectivity index (χ2n) is 2.21. The molecule has 0 saturated heterocycles. The number of nitrogens with zero attached hydrogens (tertiary/aromatic N) is 1. The highest BCUT2D eigenvalue weighted by Gasteiger charge is 1.93. The Bertz CT molecular complexity index is 260. The van der Waals surface area contributed by atoms with Crippen molar-refractivity contribution in [3.63, 3.8) is 0 Å². The fourth-order valence-corrected chi connectivity index (χ4v) is 0.779. The molecule has 64 valence electrons. The SMILES string of the molecule is C=CCOc1cccc(NC)n1. The Morgan fingerprint density at radius 1 is 1.67 bits per heavy atom. The lowest BCUT2D eigenvalue weighted by molar-refractivity contribution is 0.349. The molecular formula is C9H12N2O. The smallest absolute Gasteiger partial charge is 0.215 e. The van der Waals surface area contributed by atoms with E-state index in [4.69, 9.17) is 4.74 Å².